The second-order valence-electron chi connectivity index (χ2n) is 3.82. The van der Waals surface area contributed by atoms with Gasteiger partial charge in [-0.3, -0.25) is 0 Å². The summed E-state index contributed by atoms with van der Waals surface area (Å²) >= 11 is 1.73. The molecule has 2 rings (SSSR count). The molecule has 0 saturated carbocycles. The van der Waals surface area contributed by atoms with Crippen LogP contribution < -0.4 is 0 Å². The lowest BCUT2D eigenvalue weighted by molar-refractivity contribution is 0.685. The zero-order valence-corrected chi connectivity index (χ0v) is 9.49. The van der Waals surface area contributed by atoms with Crippen molar-refractivity contribution in [3.8, 4) is 0 Å². The van der Waals surface area contributed by atoms with Gasteiger partial charge in [-0.15, -0.1) is 11.8 Å². The van der Waals surface area contributed by atoms with E-state index in [-0.39, 0.29) is 0 Å². The largest absolute Gasteiger partial charge is 0.130 e. The van der Waals surface area contributed by atoms with Crippen LogP contribution in [-0.2, 0) is 12.8 Å². The van der Waals surface area contributed by atoms with Crippen LogP contribution in [0.2, 0.25) is 0 Å². The molecular weight excluding hydrogens is 188 g/mol. The molecule has 0 spiro atoms. The molecule has 0 fully saturated rings. The van der Waals surface area contributed by atoms with Gasteiger partial charge in [-0.1, -0.05) is 24.8 Å². The average molecular weight is 204 g/mol. The van der Waals surface area contributed by atoms with E-state index in [1.54, 1.807) is 22.9 Å². The molecule has 0 heterocycles. The fraction of sp³-hybridized carbons (Fsp3) is 0.385. The number of hydrogen-bond acceptors (Lipinski definition) is 1. The lowest BCUT2D eigenvalue weighted by atomic mass is 9.90. The molecule has 74 valence electrons. The summed E-state index contributed by atoms with van der Waals surface area (Å²) in [5.41, 5.74) is 4.40. The third-order valence-corrected chi connectivity index (χ3v) is 3.65. The quantitative estimate of drug-likeness (QED) is 0.704. The van der Waals surface area contributed by atoms with E-state index in [2.05, 4.69) is 31.0 Å². The zero-order chi connectivity index (χ0) is 9.97. The Hall–Kier alpha value is -0.690. The van der Waals surface area contributed by atoms with Gasteiger partial charge in [0, 0.05) is 4.91 Å². The van der Waals surface area contributed by atoms with Crippen LogP contribution in [0.3, 0.4) is 0 Å². The van der Waals surface area contributed by atoms with Crippen molar-refractivity contribution in [3.63, 3.8) is 0 Å². The maximum atomic E-state index is 4.06. The molecule has 1 heteroatoms. The maximum absolute atomic E-state index is 4.06. The Bertz CT molecular complexity index is 352. The summed E-state index contributed by atoms with van der Waals surface area (Å²) in [6, 6.07) is 6.82. The third kappa shape index (κ3) is 1.88. The predicted octanol–water partition coefficient (Wildman–Crippen LogP) is 3.90. The van der Waals surface area contributed by atoms with Crippen molar-refractivity contribution in [1.82, 2.24) is 0 Å². The van der Waals surface area contributed by atoms with Gasteiger partial charge in [-0.05, 0) is 48.6 Å². The van der Waals surface area contributed by atoms with Crippen LogP contribution in [0.1, 0.15) is 29.5 Å². The van der Waals surface area contributed by atoms with Crippen molar-refractivity contribution in [3.05, 3.63) is 41.5 Å². The van der Waals surface area contributed by atoms with Gasteiger partial charge in [0.15, 0.2) is 0 Å². The van der Waals surface area contributed by atoms with E-state index in [4.69, 9.17) is 0 Å². The fourth-order valence-electron chi connectivity index (χ4n) is 2.02. The molecule has 0 N–H and O–H groups in total. The van der Waals surface area contributed by atoms with E-state index in [1.807, 2.05) is 0 Å². The molecule has 0 saturated heterocycles. The fourth-order valence-corrected chi connectivity index (χ4v) is 2.39. The standard InChI is InChI=1S/C13H16S/c1-10(14-2)12-8-7-11-5-3-4-6-13(11)9-12/h7-9H,1,3-6H2,2H3. The Labute approximate surface area is 90.4 Å². The molecule has 0 amide bonds. The van der Waals surface area contributed by atoms with Gasteiger partial charge in [-0.25, -0.2) is 0 Å². The van der Waals surface area contributed by atoms with E-state index in [1.165, 1.54) is 36.2 Å². The summed E-state index contributed by atoms with van der Waals surface area (Å²) in [6.45, 7) is 4.06. The van der Waals surface area contributed by atoms with Crippen LogP contribution in [0.15, 0.2) is 24.8 Å². The number of fused-ring (bicyclic) bond motifs is 1. The first kappa shape index (κ1) is 9.85. The summed E-state index contributed by atoms with van der Waals surface area (Å²) < 4.78 is 0. The minimum atomic E-state index is 1.18. The number of aryl methyl sites for hydroxylation is 2. The lowest BCUT2D eigenvalue weighted by Crippen LogP contribution is -2.02. The second-order valence-corrected chi connectivity index (χ2v) is 4.72. The van der Waals surface area contributed by atoms with Crippen molar-refractivity contribution in [2.75, 3.05) is 6.26 Å². The van der Waals surface area contributed by atoms with E-state index < -0.39 is 0 Å². The number of rotatable bonds is 2. The minimum absolute atomic E-state index is 1.18. The first-order chi connectivity index (χ1) is 6.81. The molecule has 14 heavy (non-hydrogen) atoms. The lowest BCUT2D eigenvalue weighted by Gasteiger charge is -2.16. The highest BCUT2D eigenvalue weighted by Gasteiger charge is 2.09. The Morgan fingerprint density at radius 3 is 2.64 bits per heavy atom. The van der Waals surface area contributed by atoms with Gasteiger partial charge in [0.1, 0.15) is 0 Å². The Morgan fingerprint density at radius 1 is 1.21 bits per heavy atom. The Kier molecular flexibility index (Phi) is 2.97. The molecule has 0 unspecified atom stereocenters. The van der Waals surface area contributed by atoms with Crippen LogP contribution in [0.5, 0.6) is 0 Å². The summed E-state index contributed by atoms with van der Waals surface area (Å²) in [7, 11) is 0. The van der Waals surface area contributed by atoms with E-state index in [0.29, 0.717) is 0 Å². The summed E-state index contributed by atoms with van der Waals surface area (Å²) in [5.74, 6) is 0. The van der Waals surface area contributed by atoms with Crippen LogP contribution in [0.4, 0.5) is 0 Å². The summed E-state index contributed by atoms with van der Waals surface area (Å²) in [4.78, 5) is 1.18. The van der Waals surface area contributed by atoms with Crippen molar-refractivity contribution in [1.29, 1.82) is 0 Å². The summed E-state index contributed by atoms with van der Waals surface area (Å²) in [5, 5.41) is 0. The SMILES string of the molecule is C=C(SC)c1ccc2c(c1)CCCC2. The molecule has 0 nitrogen and oxygen atoms in total. The molecular formula is C13H16S. The zero-order valence-electron chi connectivity index (χ0n) is 8.68. The van der Waals surface area contributed by atoms with Crippen LogP contribution in [0.25, 0.3) is 4.91 Å². The molecule has 1 aromatic rings. The number of benzene rings is 1. The maximum Gasteiger partial charge on any atom is 0.00698 e. The van der Waals surface area contributed by atoms with Crippen molar-refractivity contribution in [2.45, 2.75) is 25.7 Å². The van der Waals surface area contributed by atoms with E-state index >= 15 is 0 Å². The molecule has 1 aromatic carbocycles. The van der Waals surface area contributed by atoms with Gasteiger partial charge >= 0.3 is 0 Å². The van der Waals surface area contributed by atoms with Crippen molar-refractivity contribution in [2.24, 2.45) is 0 Å². The highest BCUT2D eigenvalue weighted by molar-refractivity contribution is 8.07. The van der Waals surface area contributed by atoms with Gasteiger partial charge < -0.3 is 0 Å². The topological polar surface area (TPSA) is 0 Å². The third-order valence-electron chi connectivity index (χ3n) is 2.92. The average Bonchev–Trinajstić information content (AvgIpc) is 2.27. The monoisotopic (exact) mass is 204 g/mol. The van der Waals surface area contributed by atoms with Crippen LogP contribution in [-0.4, -0.2) is 6.26 Å². The molecule has 1 aliphatic carbocycles. The summed E-state index contributed by atoms with van der Waals surface area (Å²) in [6.07, 6.45) is 7.31. The molecule has 0 aliphatic heterocycles. The molecule has 1 aliphatic rings. The molecule has 0 bridgehead atoms. The first-order valence-electron chi connectivity index (χ1n) is 5.16. The van der Waals surface area contributed by atoms with Crippen molar-refractivity contribution >= 4 is 16.7 Å². The second kappa shape index (κ2) is 4.22. The number of hydrogen-bond donors (Lipinski definition) is 0. The highest BCUT2D eigenvalue weighted by Crippen LogP contribution is 2.28. The predicted molar refractivity (Wildman–Crippen MR) is 65.6 cm³/mol. The van der Waals surface area contributed by atoms with Gasteiger partial charge in [0.05, 0.1) is 0 Å². The smallest absolute Gasteiger partial charge is 0.00698 e. The van der Waals surface area contributed by atoms with E-state index in [0.717, 1.165) is 0 Å². The van der Waals surface area contributed by atoms with Gasteiger partial charge in [0.2, 0.25) is 0 Å². The Morgan fingerprint density at radius 2 is 1.93 bits per heavy atom. The van der Waals surface area contributed by atoms with Crippen LogP contribution >= 0.6 is 11.8 Å². The molecule has 0 aromatic heterocycles. The molecule has 0 radical (unpaired) electrons. The highest BCUT2D eigenvalue weighted by atomic mass is 32.2. The van der Waals surface area contributed by atoms with E-state index in [9.17, 15) is 0 Å². The minimum Gasteiger partial charge on any atom is -0.130 e. The van der Waals surface area contributed by atoms with Crippen molar-refractivity contribution < 1.29 is 0 Å². The normalized spacial score (nSPS) is 14.9. The van der Waals surface area contributed by atoms with Gasteiger partial charge in [0.25, 0.3) is 0 Å². The van der Waals surface area contributed by atoms with Gasteiger partial charge in [-0.2, -0.15) is 0 Å². The number of thioether (sulfide) groups is 1. The Balaban J connectivity index is 2.33. The first-order valence-corrected chi connectivity index (χ1v) is 6.39. The molecule has 0 atom stereocenters. The van der Waals surface area contributed by atoms with Crippen LogP contribution in [0, 0.1) is 0 Å².